The van der Waals surface area contributed by atoms with Crippen LogP contribution in [0.3, 0.4) is 0 Å². The van der Waals surface area contributed by atoms with Gasteiger partial charge in [0.25, 0.3) is 0 Å². The number of imidazole rings is 1. The minimum Gasteiger partial charge on any atom is -0.491 e. The van der Waals surface area contributed by atoms with E-state index in [9.17, 15) is 5.11 Å². The van der Waals surface area contributed by atoms with Gasteiger partial charge in [0.2, 0.25) is 0 Å². The number of aliphatic hydroxyl groups is 1. The Bertz CT molecular complexity index is 561. The van der Waals surface area contributed by atoms with Crippen molar-refractivity contribution in [2.75, 3.05) is 0 Å². The van der Waals surface area contributed by atoms with Crippen LogP contribution in [-0.4, -0.2) is 20.8 Å². The van der Waals surface area contributed by atoms with Crippen molar-refractivity contribution in [3.8, 4) is 5.75 Å². The zero-order chi connectivity index (χ0) is 14.7. The van der Waals surface area contributed by atoms with Gasteiger partial charge >= 0.3 is 0 Å². The maximum absolute atomic E-state index is 10.7. The highest BCUT2D eigenvalue weighted by Gasteiger charge is 2.20. The molecule has 0 bridgehead atoms. The predicted molar refractivity (Wildman–Crippen MR) is 78.9 cm³/mol. The Labute approximate surface area is 120 Å². The molecule has 2 rings (SSSR count). The molecule has 1 aromatic carbocycles. The van der Waals surface area contributed by atoms with Gasteiger partial charge in [-0.3, -0.25) is 0 Å². The van der Waals surface area contributed by atoms with Crippen LogP contribution in [0.2, 0.25) is 0 Å². The molecule has 0 spiro atoms. The molecular weight excluding hydrogens is 252 g/mol. The Morgan fingerprint density at radius 2 is 1.85 bits per heavy atom. The summed E-state index contributed by atoms with van der Waals surface area (Å²) in [6.45, 7) is 8.08. The van der Waals surface area contributed by atoms with Crippen LogP contribution in [0.25, 0.3) is 0 Å². The van der Waals surface area contributed by atoms with Gasteiger partial charge in [-0.2, -0.15) is 0 Å². The number of hydrogen-bond acceptors (Lipinski definition) is 3. The number of para-hydroxylation sites is 1. The summed E-state index contributed by atoms with van der Waals surface area (Å²) >= 11 is 0. The van der Waals surface area contributed by atoms with Crippen LogP contribution in [0.4, 0.5) is 0 Å². The van der Waals surface area contributed by atoms with Gasteiger partial charge in [0.1, 0.15) is 11.9 Å². The Balaban J connectivity index is 2.38. The molecule has 0 amide bonds. The highest BCUT2D eigenvalue weighted by atomic mass is 16.5. The largest absolute Gasteiger partial charge is 0.491 e. The van der Waals surface area contributed by atoms with Crippen molar-refractivity contribution in [2.24, 2.45) is 0 Å². The average Bonchev–Trinajstić information content (AvgIpc) is 2.87. The zero-order valence-electron chi connectivity index (χ0n) is 12.4. The van der Waals surface area contributed by atoms with E-state index in [-0.39, 0.29) is 12.1 Å². The molecule has 0 saturated carbocycles. The number of nitrogens with zero attached hydrogens (tertiary/aromatic N) is 2. The van der Waals surface area contributed by atoms with E-state index in [1.807, 2.05) is 42.7 Å². The van der Waals surface area contributed by atoms with Crippen LogP contribution in [0.5, 0.6) is 5.75 Å². The summed E-state index contributed by atoms with van der Waals surface area (Å²) in [5, 5.41) is 10.7. The summed E-state index contributed by atoms with van der Waals surface area (Å²) < 4.78 is 7.74. The van der Waals surface area contributed by atoms with E-state index in [0.29, 0.717) is 5.75 Å². The molecule has 108 valence electrons. The van der Waals surface area contributed by atoms with Gasteiger partial charge in [0.15, 0.2) is 0 Å². The van der Waals surface area contributed by atoms with E-state index in [1.54, 1.807) is 12.5 Å². The number of ether oxygens (including phenoxy) is 1. The number of rotatable bonds is 5. The minimum absolute atomic E-state index is 0.0679. The molecule has 0 aliphatic rings. The van der Waals surface area contributed by atoms with Gasteiger partial charge in [-0.25, -0.2) is 4.98 Å². The Morgan fingerprint density at radius 3 is 2.50 bits per heavy atom. The summed E-state index contributed by atoms with van der Waals surface area (Å²) in [4.78, 5) is 4.14. The normalized spacial score (nSPS) is 12.9. The van der Waals surface area contributed by atoms with Crippen LogP contribution >= 0.6 is 0 Å². The van der Waals surface area contributed by atoms with E-state index in [1.165, 1.54) is 0 Å². The lowest BCUT2D eigenvalue weighted by Gasteiger charge is -2.20. The molecule has 1 N–H and O–H groups in total. The van der Waals surface area contributed by atoms with Crippen LogP contribution in [-0.2, 0) is 0 Å². The molecule has 1 aromatic heterocycles. The Hall–Kier alpha value is -1.81. The van der Waals surface area contributed by atoms with E-state index in [0.717, 1.165) is 11.3 Å². The quantitative estimate of drug-likeness (QED) is 0.909. The van der Waals surface area contributed by atoms with Crippen molar-refractivity contribution in [3.05, 3.63) is 48.0 Å². The topological polar surface area (TPSA) is 47.3 Å². The summed E-state index contributed by atoms with van der Waals surface area (Å²) in [5.41, 5.74) is 1.54. The third-order valence-corrected chi connectivity index (χ3v) is 3.11. The molecule has 1 heterocycles. The van der Waals surface area contributed by atoms with Gasteiger partial charge in [0, 0.05) is 11.6 Å². The standard InChI is InChI=1S/C16H22N2O2/c1-11(2)18-10-17-9-14(18)16(19)13-7-5-6-8-15(13)20-12(3)4/h5-12,16,19H,1-4H3. The van der Waals surface area contributed by atoms with Crippen molar-refractivity contribution < 1.29 is 9.84 Å². The smallest absolute Gasteiger partial charge is 0.125 e. The second kappa shape index (κ2) is 6.09. The van der Waals surface area contributed by atoms with Crippen LogP contribution in [0.1, 0.15) is 51.1 Å². The minimum atomic E-state index is -0.741. The van der Waals surface area contributed by atoms with Crippen LogP contribution in [0, 0.1) is 0 Å². The van der Waals surface area contributed by atoms with Gasteiger partial charge in [0.05, 0.1) is 24.3 Å². The summed E-state index contributed by atoms with van der Waals surface area (Å²) in [5.74, 6) is 0.714. The highest BCUT2D eigenvalue weighted by molar-refractivity contribution is 5.38. The Morgan fingerprint density at radius 1 is 1.15 bits per heavy atom. The Kier molecular flexibility index (Phi) is 4.45. The molecule has 0 saturated heterocycles. The lowest BCUT2D eigenvalue weighted by atomic mass is 10.1. The first-order valence-electron chi connectivity index (χ1n) is 6.96. The van der Waals surface area contributed by atoms with E-state index >= 15 is 0 Å². The molecule has 0 aliphatic heterocycles. The maximum Gasteiger partial charge on any atom is 0.125 e. The summed E-state index contributed by atoms with van der Waals surface area (Å²) in [6.07, 6.45) is 2.78. The molecule has 0 fully saturated rings. The third-order valence-electron chi connectivity index (χ3n) is 3.11. The van der Waals surface area contributed by atoms with Crippen molar-refractivity contribution in [2.45, 2.75) is 45.9 Å². The number of aliphatic hydroxyl groups excluding tert-OH is 1. The first-order chi connectivity index (χ1) is 9.50. The van der Waals surface area contributed by atoms with Crippen molar-refractivity contribution in [3.63, 3.8) is 0 Å². The molecule has 2 aromatic rings. The second-order valence-corrected chi connectivity index (χ2v) is 5.43. The third kappa shape index (κ3) is 3.02. The second-order valence-electron chi connectivity index (χ2n) is 5.43. The number of hydrogen-bond donors (Lipinski definition) is 1. The molecular formula is C16H22N2O2. The fourth-order valence-electron chi connectivity index (χ4n) is 2.19. The first kappa shape index (κ1) is 14.6. The van der Waals surface area contributed by atoms with E-state index in [4.69, 9.17) is 4.74 Å². The molecule has 0 aliphatic carbocycles. The van der Waals surface area contributed by atoms with Gasteiger partial charge in [-0.05, 0) is 33.8 Å². The monoisotopic (exact) mass is 274 g/mol. The maximum atomic E-state index is 10.7. The van der Waals surface area contributed by atoms with Gasteiger partial charge in [-0.1, -0.05) is 18.2 Å². The number of benzene rings is 1. The zero-order valence-corrected chi connectivity index (χ0v) is 12.4. The first-order valence-corrected chi connectivity index (χ1v) is 6.96. The summed E-state index contributed by atoms with van der Waals surface area (Å²) in [6, 6.07) is 7.84. The molecule has 20 heavy (non-hydrogen) atoms. The molecule has 1 unspecified atom stereocenters. The SMILES string of the molecule is CC(C)Oc1ccccc1C(O)c1cncn1C(C)C. The molecule has 1 atom stereocenters. The lowest BCUT2D eigenvalue weighted by Crippen LogP contribution is -2.13. The fraction of sp³-hybridized carbons (Fsp3) is 0.438. The van der Waals surface area contributed by atoms with Crippen LogP contribution < -0.4 is 4.74 Å². The van der Waals surface area contributed by atoms with Gasteiger partial charge in [-0.15, -0.1) is 0 Å². The van der Waals surface area contributed by atoms with E-state index < -0.39 is 6.10 Å². The molecule has 0 radical (unpaired) electrons. The van der Waals surface area contributed by atoms with Crippen molar-refractivity contribution >= 4 is 0 Å². The molecule has 4 heteroatoms. The summed E-state index contributed by atoms with van der Waals surface area (Å²) in [7, 11) is 0. The van der Waals surface area contributed by atoms with E-state index in [2.05, 4.69) is 18.8 Å². The fourth-order valence-corrected chi connectivity index (χ4v) is 2.19. The number of aromatic nitrogens is 2. The van der Waals surface area contributed by atoms with Gasteiger partial charge < -0.3 is 14.4 Å². The molecule has 4 nitrogen and oxygen atoms in total. The lowest BCUT2D eigenvalue weighted by molar-refractivity contribution is 0.190. The van der Waals surface area contributed by atoms with Crippen molar-refractivity contribution in [1.29, 1.82) is 0 Å². The predicted octanol–water partition coefficient (Wildman–Crippen LogP) is 3.33. The average molecular weight is 274 g/mol. The highest BCUT2D eigenvalue weighted by Crippen LogP contribution is 2.31. The van der Waals surface area contributed by atoms with Crippen molar-refractivity contribution in [1.82, 2.24) is 9.55 Å². The van der Waals surface area contributed by atoms with Crippen LogP contribution in [0.15, 0.2) is 36.8 Å².